The number of hydrogen-bond donors (Lipinski definition) is 0. The topological polar surface area (TPSA) is 54.5 Å². The number of sulfonamides is 1. The maximum absolute atomic E-state index is 12.7. The van der Waals surface area contributed by atoms with Gasteiger partial charge in [-0.3, -0.25) is 4.79 Å². The summed E-state index contributed by atoms with van der Waals surface area (Å²) in [5.74, 6) is 0.343. The summed E-state index contributed by atoms with van der Waals surface area (Å²) < 4.78 is 38.8. The number of alkyl halides is 1. The molecule has 4 nitrogen and oxygen atoms in total. The van der Waals surface area contributed by atoms with Crippen LogP contribution in [0.3, 0.4) is 0 Å². The first kappa shape index (κ1) is 15.3. The van der Waals surface area contributed by atoms with Crippen LogP contribution in [0, 0.1) is 0 Å². The van der Waals surface area contributed by atoms with E-state index in [1.165, 1.54) is 36.0 Å². The highest BCUT2D eigenvalue weighted by Crippen LogP contribution is 2.33. The van der Waals surface area contributed by atoms with E-state index in [-0.39, 0.29) is 28.2 Å². The Labute approximate surface area is 122 Å². The van der Waals surface area contributed by atoms with Crippen LogP contribution < -0.4 is 0 Å². The van der Waals surface area contributed by atoms with E-state index in [1.54, 1.807) is 0 Å². The molecule has 1 unspecified atom stereocenters. The van der Waals surface area contributed by atoms with Gasteiger partial charge in [0.2, 0.25) is 5.91 Å². The molecule has 0 N–H and O–H groups in total. The number of hydrogen-bond acceptors (Lipinski definition) is 4. The molecule has 0 radical (unpaired) electrons. The molecule has 0 bridgehead atoms. The number of halogens is 1. The predicted octanol–water partition coefficient (Wildman–Crippen LogP) is 2.55. The average Bonchev–Trinajstić information content (AvgIpc) is 2.81. The van der Waals surface area contributed by atoms with E-state index in [9.17, 15) is 17.6 Å². The molecular formula is C13H16FNO3S2. The summed E-state index contributed by atoms with van der Waals surface area (Å²) in [5, 5.41) is -0.355. The fourth-order valence-electron chi connectivity index (χ4n) is 2.17. The highest BCUT2D eigenvalue weighted by atomic mass is 32.2. The average molecular weight is 317 g/mol. The largest absolute Gasteiger partial charge is 0.274 e. The molecule has 110 valence electrons. The Bertz CT molecular complexity index is 603. The van der Waals surface area contributed by atoms with Crippen molar-refractivity contribution < 1.29 is 17.6 Å². The molecule has 0 saturated carbocycles. The minimum Gasteiger partial charge on any atom is -0.274 e. The Balaban J connectivity index is 2.39. The van der Waals surface area contributed by atoms with Crippen LogP contribution in [0.1, 0.15) is 25.3 Å². The lowest BCUT2D eigenvalue weighted by molar-refractivity contribution is -0.123. The van der Waals surface area contributed by atoms with Crippen molar-refractivity contribution in [2.45, 2.75) is 36.7 Å². The highest BCUT2D eigenvalue weighted by Gasteiger charge is 2.40. The van der Waals surface area contributed by atoms with Crippen molar-refractivity contribution in [1.82, 2.24) is 4.31 Å². The summed E-state index contributed by atoms with van der Waals surface area (Å²) in [7, 11) is -3.90. The van der Waals surface area contributed by atoms with Crippen molar-refractivity contribution in [3.8, 4) is 0 Å². The molecular weight excluding hydrogens is 301 g/mol. The summed E-state index contributed by atoms with van der Waals surface area (Å²) in [6.45, 7) is 1.19. The maximum Gasteiger partial charge on any atom is 0.267 e. The van der Waals surface area contributed by atoms with Crippen LogP contribution in [0.25, 0.3) is 0 Å². The summed E-state index contributed by atoms with van der Waals surface area (Å²) in [4.78, 5) is 11.9. The first-order valence-corrected chi connectivity index (χ1v) is 8.83. The standard InChI is InChI=1S/C13H16FNO3S2/c1-2-19-13-7-6-12(16)15(13)20(17,18)11-5-3-4-10(8-11)9-14/h3-5,8,13H,2,6-7,9H2,1H3. The first-order valence-electron chi connectivity index (χ1n) is 6.34. The predicted molar refractivity (Wildman–Crippen MR) is 76.4 cm³/mol. The van der Waals surface area contributed by atoms with Gasteiger partial charge in [-0.05, 0) is 29.9 Å². The number of amides is 1. The van der Waals surface area contributed by atoms with Gasteiger partial charge >= 0.3 is 0 Å². The lowest BCUT2D eigenvalue weighted by atomic mass is 10.2. The number of carbonyl (C=O) groups excluding carboxylic acids is 1. The number of nitrogens with zero attached hydrogens (tertiary/aromatic N) is 1. The SMILES string of the molecule is CCSC1CCC(=O)N1S(=O)(=O)c1cccc(CF)c1. The van der Waals surface area contributed by atoms with E-state index in [2.05, 4.69) is 0 Å². The van der Waals surface area contributed by atoms with Crippen molar-refractivity contribution in [3.05, 3.63) is 29.8 Å². The van der Waals surface area contributed by atoms with Crippen molar-refractivity contribution in [2.75, 3.05) is 5.75 Å². The van der Waals surface area contributed by atoms with Crippen molar-refractivity contribution >= 4 is 27.7 Å². The minimum atomic E-state index is -3.90. The van der Waals surface area contributed by atoms with Gasteiger partial charge in [0.1, 0.15) is 6.67 Å². The van der Waals surface area contributed by atoms with Crippen LogP contribution in [0.2, 0.25) is 0 Å². The first-order chi connectivity index (χ1) is 9.50. The van der Waals surface area contributed by atoms with Gasteiger partial charge in [0.05, 0.1) is 10.3 Å². The van der Waals surface area contributed by atoms with Crippen molar-refractivity contribution in [2.24, 2.45) is 0 Å². The third-order valence-electron chi connectivity index (χ3n) is 3.08. The molecule has 7 heteroatoms. The molecule has 1 heterocycles. The molecule has 1 aliphatic heterocycles. The zero-order chi connectivity index (χ0) is 14.8. The van der Waals surface area contributed by atoms with Gasteiger partial charge in [-0.1, -0.05) is 19.1 Å². The highest BCUT2D eigenvalue weighted by molar-refractivity contribution is 8.00. The minimum absolute atomic E-state index is 0.0235. The van der Waals surface area contributed by atoms with Crippen molar-refractivity contribution in [1.29, 1.82) is 0 Å². The molecule has 1 amide bonds. The molecule has 2 rings (SSSR count). The number of thioether (sulfide) groups is 1. The molecule has 1 atom stereocenters. The zero-order valence-electron chi connectivity index (χ0n) is 11.1. The summed E-state index contributed by atoms with van der Waals surface area (Å²) in [5.41, 5.74) is 0.289. The molecule has 0 aromatic heterocycles. The van der Waals surface area contributed by atoms with E-state index < -0.39 is 16.7 Å². The van der Waals surface area contributed by atoms with Crippen LogP contribution in [-0.2, 0) is 21.5 Å². The number of carbonyl (C=O) groups is 1. The van der Waals surface area contributed by atoms with E-state index in [0.717, 1.165) is 10.1 Å². The molecule has 1 aromatic carbocycles. The van der Waals surface area contributed by atoms with Crippen molar-refractivity contribution in [3.63, 3.8) is 0 Å². The molecule has 1 saturated heterocycles. The number of benzene rings is 1. The summed E-state index contributed by atoms with van der Waals surface area (Å²) in [6.07, 6.45) is 0.763. The zero-order valence-corrected chi connectivity index (χ0v) is 12.7. The van der Waals surface area contributed by atoms with Gasteiger partial charge in [-0.25, -0.2) is 17.1 Å². The second-order valence-corrected chi connectivity index (χ2v) is 7.69. The van der Waals surface area contributed by atoms with Gasteiger partial charge in [-0.2, -0.15) is 0 Å². The summed E-state index contributed by atoms with van der Waals surface area (Å²) >= 11 is 1.43. The third kappa shape index (κ3) is 2.83. The fraction of sp³-hybridized carbons (Fsp3) is 0.462. The lowest BCUT2D eigenvalue weighted by Crippen LogP contribution is -2.37. The molecule has 0 spiro atoms. The van der Waals surface area contributed by atoms with Crippen LogP contribution in [0.5, 0.6) is 0 Å². The molecule has 1 aliphatic rings. The van der Waals surface area contributed by atoms with E-state index in [0.29, 0.717) is 6.42 Å². The molecule has 0 aliphatic carbocycles. The Kier molecular flexibility index (Phi) is 4.70. The molecule has 1 aromatic rings. The second kappa shape index (κ2) is 6.13. The van der Waals surface area contributed by atoms with E-state index >= 15 is 0 Å². The third-order valence-corrected chi connectivity index (χ3v) is 6.20. The lowest BCUT2D eigenvalue weighted by Gasteiger charge is -2.23. The Morgan fingerprint density at radius 3 is 2.85 bits per heavy atom. The molecule has 1 fully saturated rings. The van der Waals surface area contributed by atoms with Gasteiger partial charge in [0.15, 0.2) is 0 Å². The monoisotopic (exact) mass is 317 g/mol. The second-order valence-electron chi connectivity index (χ2n) is 4.42. The fourth-order valence-corrected chi connectivity index (χ4v) is 5.17. The van der Waals surface area contributed by atoms with Crippen LogP contribution in [-0.4, -0.2) is 29.8 Å². The van der Waals surface area contributed by atoms with Crippen LogP contribution in [0.15, 0.2) is 29.2 Å². The van der Waals surface area contributed by atoms with Crippen LogP contribution >= 0.6 is 11.8 Å². The van der Waals surface area contributed by atoms with Gasteiger partial charge in [-0.15, -0.1) is 11.8 Å². The smallest absolute Gasteiger partial charge is 0.267 e. The van der Waals surface area contributed by atoms with Gasteiger partial charge in [0.25, 0.3) is 10.0 Å². The van der Waals surface area contributed by atoms with Gasteiger partial charge < -0.3 is 0 Å². The normalized spacial score (nSPS) is 19.6. The van der Waals surface area contributed by atoms with E-state index in [4.69, 9.17) is 0 Å². The van der Waals surface area contributed by atoms with E-state index in [1.807, 2.05) is 6.92 Å². The van der Waals surface area contributed by atoms with Crippen LogP contribution in [0.4, 0.5) is 4.39 Å². The molecule has 20 heavy (non-hydrogen) atoms. The number of rotatable bonds is 5. The maximum atomic E-state index is 12.7. The Morgan fingerprint density at radius 2 is 2.20 bits per heavy atom. The van der Waals surface area contributed by atoms with Gasteiger partial charge in [0, 0.05) is 6.42 Å². The Hall–Kier alpha value is -1.08. The summed E-state index contributed by atoms with van der Waals surface area (Å²) in [6, 6.07) is 5.69. The quantitative estimate of drug-likeness (QED) is 0.837. The Morgan fingerprint density at radius 1 is 1.45 bits per heavy atom.